The zero-order valence-electron chi connectivity index (χ0n) is 45.9. The molecule has 2 fully saturated rings. The van der Waals surface area contributed by atoms with Crippen LogP contribution in [0.1, 0.15) is 72.8 Å². The Balaban J connectivity index is 0.00000251. The third-order valence-corrected chi connectivity index (χ3v) is 19.8. The zero-order chi connectivity index (χ0) is 56.8. The van der Waals surface area contributed by atoms with Gasteiger partial charge >= 0.3 is 88.7 Å². The van der Waals surface area contributed by atoms with Gasteiger partial charge in [0.2, 0.25) is 0 Å². The van der Waals surface area contributed by atoms with Gasteiger partial charge in [-0.25, -0.2) is 46.7 Å². The number of hydrogen-bond acceptors (Lipinski definition) is 16. The van der Waals surface area contributed by atoms with E-state index in [2.05, 4.69) is 45.6 Å². The van der Waals surface area contributed by atoms with Crippen LogP contribution in [0.25, 0.3) is 89.7 Å². The maximum absolute atomic E-state index is 12.6. The van der Waals surface area contributed by atoms with Crippen molar-refractivity contribution < 1.29 is 138 Å². The van der Waals surface area contributed by atoms with E-state index in [-0.39, 0.29) is 179 Å². The number of nitrogens with zero attached hydrogens (tertiary/aromatic N) is 6. The molecule has 19 nitrogen and oxygen atoms in total. The van der Waals surface area contributed by atoms with Crippen molar-refractivity contribution in [2.45, 2.75) is 71.7 Å². The monoisotopic (exact) mass is 1210 g/mol. The van der Waals surface area contributed by atoms with E-state index in [0.717, 1.165) is 74.1 Å². The molecule has 9 aromatic rings. The molecule has 0 unspecified atom stereocenters. The van der Waals surface area contributed by atoms with Gasteiger partial charge in [-0.3, -0.25) is 4.55 Å². The normalized spacial score (nSPS) is 20.1. The van der Waals surface area contributed by atoms with Crippen LogP contribution >= 0.6 is 0 Å². The Morgan fingerprint density at radius 1 is 0.541 bits per heavy atom. The minimum absolute atomic E-state index is 0. The molecule has 25 heteroatoms. The van der Waals surface area contributed by atoms with Gasteiger partial charge in [0, 0.05) is 60.3 Å². The summed E-state index contributed by atoms with van der Waals surface area (Å²) < 4.78 is 109. The predicted molar refractivity (Wildman–Crippen MR) is 296 cm³/mol. The predicted octanol–water partition coefficient (Wildman–Crippen LogP) is -0.843. The van der Waals surface area contributed by atoms with E-state index in [0.29, 0.717) is 46.1 Å². The Labute approximate surface area is 553 Å². The molecule has 3 aromatic heterocycles. The van der Waals surface area contributed by atoms with Crippen LogP contribution in [0, 0.1) is 40.9 Å². The Bertz CT molecular complexity index is 5010. The second-order valence-electron chi connectivity index (χ2n) is 21.6. The molecule has 0 radical (unpaired) electrons. The molecule has 0 spiro atoms. The summed E-state index contributed by atoms with van der Waals surface area (Å²) in [6.07, 6.45) is 5.33. The van der Waals surface area contributed by atoms with E-state index in [1.54, 1.807) is 30.3 Å². The molecule has 6 aromatic carbocycles. The number of aliphatic hydroxyl groups is 1. The number of hydrogen-bond donors (Lipinski definition) is 4. The van der Waals surface area contributed by atoms with Crippen molar-refractivity contribution in [1.29, 1.82) is 0 Å². The molecule has 2 saturated carbocycles. The van der Waals surface area contributed by atoms with Crippen LogP contribution in [0.2, 0.25) is 0 Å². The van der Waals surface area contributed by atoms with Crippen LogP contribution in [0.3, 0.4) is 0 Å². The van der Waals surface area contributed by atoms with Gasteiger partial charge in [-0.1, -0.05) is 49.1 Å². The van der Waals surface area contributed by atoms with E-state index >= 15 is 0 Å². The van der Waals surface area contributed by atoms with Crippen molar-refractivity contribution in [1.82, 2.24) is 39.9 Å². The molecule has 14 rings (SSSR count). The molecule has 408 valence electrons. The van der Waals surface area contributed by atoms with Crippen LogP contribution in [0.5, 0.6) is 5.75 Å². The molecule has 5 heterocycles. The number of aromatic amines is 2. The molecule has 0 saturated heterocycles. The Morgan fingerprint density at radius 2 is 1.05 bits per heavy atom. The topological polar surface area (TPSA) is 321 Å². The van der Waals surface area contributed by atoms with Crippen molar-refractivity contribution >= 4 is 74.5 Å². The molecule has 8 bridgehead atoms. The smallest absolute Gasteiger partial charge is 0.872 e. The largest absolute Gasteiger partial charge is 1.00 e. The van der Waals surface area contributed by atoms with E-state index in [9.17, 15) is 49.1 Å². The van der Waals surface area contributed by atoms with Crippen LogP contribution in [0.4, 0.5) is 0 Å². The van der Waals surface area contributed by atoms with E-state index in [1.807, 2.05) is 30.3 Å². The van der Waals surface area contributed by atoms with Gasteiger partial charge in [0.1, 0.15) is 42.8 Å². The molecule has 3 aliphatic carbocycles. The summed E-state index contributed by atoms with van der Waals surface area (Å²) in [5, 5.41) is 26.0. The number of aromatic nitrogens is 8. The number of rotatable bonds is 4. The summed E-state index contributed by atoms with van der Waals surface area (Å²) in [5.74, 6) is 13.2. The van der Waals surface area contributed by atoms with Gasteiger partial charge < -0.3 is 29.3 Å². The van der Waals surface area contributed by atoms with Crippen LogP contribution < -0.4 is 93.8 Å². The fourth-order valence-corrected chi connectivity index (χ4v) is 14.9. The molecule has 5 atom stereocenters. The first-order valence-corrected chi connectivity index (χ1v) is 30.3. The summed E-state index contributed by atoms with van der Waals surface area (Å²) in [7, 11) is -14.7. The van der Waals surface area contributed by atoms with Crippen molar-refractivity contribution in [2.75, 3.05) is 0 Å². The molecule has 2 aliphatic heterocycles. The zero-order valence-corrected chi connectivity index (χ0v) is 54.4. The van der Waals surface area contributed by atoms with Gasteiger partial charge in [-0.2, -0.15) is 8.42 Å². The summed E-state index contributed by atoms with van der Waals surface area (Å²) in [5.41, 5.74) is 4.32. The number of H-pyrrole nitrogens is 2. The van der Waals surface area contributed by atoms with Crippen LogP contribution in [-0.4, -0.2) is 83.9 Å². The summed E-state index contributed by atoms with van der Waals surface area (Å²) in [6.45, 7) is 2.25. The summed E-state index contributed by atoms with van der Waals surface area (Å²) in [6, 6.07) is 29.2. The van der Waals surface area contributed by atoms with Crippen LogP contribution in [-0.2, 0) is 42.4 Å². The Hall–Kier alpha value is -5.71. The molecular formula is C60H41N8Na3O11S3. The maximum atomic E-state index is 12.6. The van der Waals surface area contributed by atoms with E-state index in [1.165, 1.54) is 29.3 Å². The van der Waals surface area contributed by atoms with Crippen molar-refractivity contribution in [3.05, 3.63) is 143 Å². The van der Waals surface area contributed by atoms with Gasteiger partial charge in [0.25, 0.3) is 10.1 Å². The number of benzene rings is 6. The molecule has 85 heavy (non-hydrogen) atoms. The maximum Gasteiger partial charge on any atom is 1.00 e. The summed E-state index contributed by atoms with van der Waals surface area (Å²) >= 11 is 0. The minimum Gasteiger partial charge on any atom is -0.872 e. The van der Waals surface area contributed by atoms with Crippen molar-refractivity contribution in [3.63, 3.8) is 0 Å². The quantitative estimate of drug-likeness (QED) is 0.0948. The molecular weight excluding hydrogens is 1170 g/mol. The first-order chi connectivity index (χ1) is 39.1. The SMILES string of the molecule is C[C@]12CC[C@@H]3c4ccc([O-])cc4CC[C@H]3[C@@H]1CC[C@@]2(O)c1ccc(C#CC#Cc2ccc3c4nc5nc(nc6[nH]c(nc7nc(nc([nH]4)c3c2)-c2ccc(S(=O)(=O)[O-])cc2-7)c2ccc(S(=O)(=O)O)cc62)-c2ccc(S(=O)(=O)[O-])cc2-5)cc1.[Na+].[Na+].[Na+]. The first-order valence-electron chi connectivity index (χ1n) is 26.0. The van der Waals surface area contributed by atoms with Gasteiger partial charge in [0.05, 0.1) is 20.3 Å². The van der Waals surface area contributed by atoms with Gasteiger partial charge in [-0.15, -0.1) is 5.75 Å². The third kappa shape index (κ3) is 10.5. The Kier molecular flexibility index (Phi) is 15.9. The number of aryl methyl sites for hydroxylation is 1. The van der Waals surface area contributed by atoms with Crippen molar-refractivity contribution in [2.24, 2.45) is 17.3 Å². The second kappa shape index (κ2) is 22.2. The van der Waals surface area contributed by atoms with E-state index < -0.39 is 50.6 Å². The number of fused-ring (bicyclic) bond motifs is 25. The molecule has 0 amide bonds. The molecule has 5 aliphatic rings. The Morgan fingerprint density at radius 3 is 1.61 bits per heavy atom. The standard InChI is InChI=1S/C60H44N8O11S3.3Na/c1-59-24-22-40-39-18-12-35(69)27-33(39)9-17-41(40)50(59)23-25-60(59,70)34-10-6-31(7-11-34)4-2-3-5-32-8-16-42-46(26-32)55-61-51(42)63-56-48-29-37(81(74,75)76)14-20-44(48)53(65-56)67-58-49-30-38(82(77,78)79)15-21-45(49)54(68-58)66-57-47-28-36(80(71,72)73)13-19-43(47)52(62-55)64-57;;;/h6-8,10-16,18-21,26-30,40-41,50,69-70H,9,17,22-25H2,1H3,(H,71,72,73)(H,74,75,76)(H,77,78,79)(H2,61,62,63,64,65,66,67,68);;;/q;3*+1/p-3/t40-,41-,50+,59+,60-;;;/m1.../s1. The average Bonchev–Trinajstić information content (AvgIpc) is 1.76. The molecule has 4 N–H and O–H groups in total. The third-order valence-electron chi connectivity index (χ3n) is 17.3. The van der Waals surface area contributed by atoms with Gasteiger partial charge in [-0.05, 0) is 170 Å². The van der Waals surface area contributed by atoms with Gasteiger partial charge in [0.15, 0.2) is 23.3 Å². The summed E-state index contributed by atoms with van der Waals surface area (Å²) in [4.78, 5) is 33.3. The second-order valence-corrected chi connectivity index (χ2v) is 25.8. The van der Waals surface area contributed by atoms with Crippen molar-refractivity contribution in [3.8, 4) is 75.0 Å². The fourth-order valence-electron chi connectivity index (χ4n) is 13.4. The van der Waals surface area contributed by atoms with Crippen LogP contribution in [0.15, 0.2) is 130 Å². The fraction of sp³-hybridized carbons (Fsp3) is 0.200. The van der Waals surface area contributed by atoms with E-state index in [4.69, 9.17) is 24.9 Å². The number of nitrogens with one attached hydrogen (secondary N) is 2. The first kappa shape index (κ1) is 61.0. The average molecular weight is 1220 g/mol. The minimum atomic E-state index is -4.98.